The molecule has 0 spiro atoms. The summed E-state index contributed by atoms with van der Waals surface area (Å²) in [6.07, 6.45) is -0.376. The topological polar surface area (TPSA) is 120 Å². The summed E-state index contributed by atoms with van der Waals surface area (Å²) in [7, 11) is -2.61. The Labute approximate surface area is 206 Å². The van der Waals surface area contributed by atoms with Gasteiger partial charge in [0, 0.05) is 6.54 Å². The Morgan fingerprint density at radius 2 is 1.76 bits per heavy atom. The summed E-state index contributed by atoms with van der Waals surface area (Å²) in [4.78, 5) is 24.8. The zero-order chi connectivity index (χ0) is 24.8. The molecule has 33 heavy (non-hydrogen) atoms. The number of hydrogen-bond acceptors (Lipinski definition) is 9. The number of carbonyl (C=O) groups excluding carboxylic acids is 2. The third-order valence-electron chi connectivity index (χ3n) is 4.03. The molecule has 12 heteroatoms. The van der Waals surface area contributed by atoms with Crippen LogP contribution in [0.3, 0.4) is 0 Å². The molecule has 0 unspecified atom stereocenters. The molecule has 0 aliphatic carbocycles. The van der Waals surface area contributed by atoms with Crippen molar-refractivity contribution in [2.75, 3.05) is 30.9 Å². The van der Waals surface area contributed by atoms with Gasteiger partial charge in [0.1, 0.15) is 10.5 Å². The molecule has 0 aliphatic rings. The predicted octanol–water partition coefficient (Wildman–Crippen LogP) is 5.16. The van der Waals surface area contributed by atoms with Gasteiger partial charge in [-0.15, -0.1) is 11.3 Å². The lowest BCUT2D eigenvalue weighted by atomic mass is 10.2. The molecule has 1 heterocycles. The highest BCUT2D eigenvalue weighted by Gasteiger charge is 2.26. The minimum Gasteiger partial charge on any atom is -0.465 e. The number of anilines is 2. The summed E-state index contributed by atoms with van der Waals surface area (Å²) in [5, 5.41) is 5.68. The van der Waals surface area contributed by atoms with E-state index in [9.17, 15) is 18.0 Å². The molecule has 2 N–H and O–H groups in total. The number of hydrogen-bond donors (Lipinski definition) is 2. The van der Waals surface area contributed by atoms with Gasteiger partial charge in [0.25, 0.3) is 10.1 Å². The van der Waals surface area contributed by atoms with E-state index in [4.69, 9.17) is 13.7 Å². The lowest BCUT2D eigenvalue weighted by Crippen LogP contribution is -2.27. The van der Waals surface area contributed by atoms with Gasteiger partial charge in [-0.2, -0.15) is 8.42 Å². The summed E-state index contributed by atoms with van der Waals surface area (Å²) in [6.45, 7) is 7.26. The molecule has 0 radical (unpaired) electrons. The first-order valence-corrected chi connectivity index (χ1v) is 13.0. The van der Waals surface area contributed by atoms with Gasteiger partial charge in [-0.1, -0.05) is 17.7 Å². The molecule has 2 aromatic rings. The number of benzene rings is 1. The van der Waals surface area contributed by atoms with E-state index in [1.165, 1.54) is 19.2 Å². The van der Waals surface area contributed by atoms with E-state index in [1.807, 2.05) is 6.92 Å². The summed E-state index contributed by atoms with van der Waals surface area (Å²) in [5.41, 5.74) is 0.900. The predicted molar refractivity (Wildman–Crippen MR) is 131 cm³/mol. The molecule has 1 amide bonds. The van der Waals surface area contributed by atoms with Gasteiger partial charge < -0.3 is 14.8 Å². The highest BCUT2D eigenvalue weighted by Crippen LogP contribution is 2.42. The highest BCUT2D eigenvalue weighted by molar-refractivity contribution is 9.11. The van der Waals surface area contributed by atoms with Crippen LogP contribution in [0.15, 0.2) is 32.9 Å². The Hall–Kier alpha value is -2.15. The van der Waals surface area contributed by atoms with Crippen molar-refractivity contribution in [3.63, 3.8) is 0 Å². The quantitative estimate of drug-likeness (QED) is 0.244. The van der Waals surface area contributed by atoms with Gasteiger partial charge in [-0.05, 0) is 62.2 Å². The fourth-order valence-corrected chi connectivity index (χ4v) is 5.16. The van der Waals surface area contributed by atoms with Crippen molar-refractivity contribution in [3.05, 3.63) is 38.5 Å². The first-order chi connectivity index (χ1) is 15.3. The Kier molecular flexibility index (Phi) is 9.29. The van der Waals surface area contributed by atoms with Crippen molar-refractivity contribution in [2.24, 2.45) is 0 Å². The summed E-state index contributed by atoms with van der Waals surface area (Å²) >= 11 is 4.43. The summed E-state index contributed by atoms with van der Waals surface area (Å²) in [6, 6.07) is 6.37. The molecule has 0 saturated carbocycles. The molecule has 0 bridgehead atoms. The van der Waals surface area contributed by atoms with Gasteiger partial charge in [0.05, 0.1) is 33.8 Å². The standard InChI is InChI=1S/C21H27BrN2O7S2/c1-13-7-9-14(10-8-13)33(27,28)30-12-6-11-23-15-16(24-20(26)31-21(2,3)4)18(22)32-17(15)19(25)29-5/h7-10,23H,6,11-12H2,1-5H3,(H,24,26). The second kappa shape index (κ2) is 11.3. The monoisotopic (exact) mass is 562 g/mol. The minimum absolute atomic E-state index is 0.0725. The SMILES string of the molecule is COC(=O)c1sc(Br)c(NC(=O)OC(C)(C)C)c1NCCCOS(=O)(=O)c1ccc(C)cc1. The van der Waals surface area contributed by atoms with Crippen LogP contribution in [0.1, 0.15) is 42.4 Å². The molecule has 1 aromatic heterocycles. The molecular formula is C21H27BrN2O7S2. The average molecular weight is 563 g/mol. The van der Waals surface area contributed by atoms with E-state index in [1.54, 1.807) is 32.9 Å². The maximum atomic E-state index is 12.3. The van der Waals surface area contributed by atoms with E-state index in [0.29, 0.717) is 21.6 Å². The Morgan fingerprint density at radius 1 is 1.12 bits per heavy atom. The molecule has 0 aliphatic heterocycles. The van der Waals surface area contributed by atoms with Crippen LogP contribution < -0.4 is 10.6 Å². The number of carbonyl (C=O) groups is 2. The third-order valence-corrected chi connectivity index (χ3v) is 7.20. The van der Waals surface area contributed by atoms with Crippen LogP contribution >= 0.6 is 27.3 Å². The summed E-state index contributed by atoms with van der Waals surface area (Å²) < 4.78 is 40.3. The van der Waals surface area contributed by atoms with E-state index >= 15 is 0 Å². The van der Waals surface area contributed by atoms with E-state index in [0.717, 1.165) is 16.9 Å². The van der Waals surface area contributed by atoms with Gasteiger partial charge >= 0.3 is 12.1 Å². The van der Waals surface area contributed by atoms with Crippen LogP contribution in [0.4, 0.5) is 16.2 Å². The number of aryl methyl sites for hydroxylation is 1. The van der Waals surface area contributed by atoms with Crippen LogP contribution in [0, 0.1) is 6.92 Å². The van der Waals surface area contributed by atoms with E-state index in [2.05, 4.69) is 26.6 Å². The summed E-state index contributed by atoms with van der Waals surface area (Å²) in [5.74, 6) is -0.585. The normalized spacial score (nSPS) is 11.7. The first kappa shape index (κ1) is 27.1. The number of nitrogens with one attached hydrogen (secondary N) is 2. The second-order valence-electron chi connectivity index (χ2n) is 7.94. The van der Waals surface area contributed by atoms with Crippen molar-refractivity contribution in [1.82, 2.24) is 0 Å². The number of halogens is 1. The minimum atomic E-state index is -3.87. The average Bonchev–Trinajstić information content (AvgIpc) is 3.01. The van der Waals surface area contributed by atoms with Gasteiger partial charge in [-0.3, -0.25) is 9.50 Å². The molecule has 182 valence electrons. The molecule has 2 rings (SSSR count). The number of thiophene rings is 1. The third kappa shape index (κ3) is 7.98. The zero-order valence-electron chi connectivity index (χ0n) is 19.0. The number of ether oxygens (including phenoxy) is 2. The number of amides is 1. The Morgan fingerprint density at radius 3 is 2.33 bits per heavy atom. The number of methoxy groups -OCH3 is 1. The number of esters is 1. The molecule has 0 atom stereocenters. The zero-order valence-corrected chi connectivity index (χ0v) is 22.2. The largest absolute Gasteiger partial charge is 0.465 e. The number of rotatable bonds is 9. The second-order valence-corrected chi connectivity index (χ2v) is 11.9. The van der Waals surface area contributed by atoms with Crippen molar-refractivity contribution >= 4 is 60.8 Å². The first-order valence-electron chi connectivity index (χ1n) is 9.94. The van der Waals surface area contributed by atoms with Crippen molar-refractivity contribution in [3.8, 4) is 0 Å². The van der Waals surface area contributed by atoms with Crippen LogP contribution in [0.5, 0.6) is 0 Å². The fourth-order valence-electron chi connectivity index (χ4n) is 2.55. The molecule has 0 saturated heterocycles. The smallest absolute Gasteiger partial charge is 0.412 e. The molecule has 1 aromatic carbocycles. The maximum absolute atomic E-state index is 12.3. The van der Waals surface area contributed by atoms with Crippen molar-refractivity contribution < 1.29 is 31.7 Å². The molecule has 0 fully saturated rings. The Balaban J connectivity index is 2.05. The van der Waals surface area contributed by atoms with Crippen LogP contribution in [0.25, 0.3) is 0 Å². The van der Waals surface area contributed by atoms with E-state index < -0.39 is 27.8 Å². The van der Waals surface area contributed by atoms with Crippen molar-refractivity contribution in [1.29, 1.82) is 0 Å². The molecular weight excluding hydrogens is 536 g/mol. The van der Waals surface area contributed by atoms with Gasteiger partial charge in [0.2, 0.25) is 0 Å². The highest BCUT2D eigenvalue weighted by atomic mass is 79.9. The maximum Gasteiger partial charge on any atom is 0.412 e. The van der Waals surface area contributed by atoms with Gasteiger partial charge in [-0.25, -0.2) is 9.59 Å². The van der Waals surface area contributed by atoms with Crippen molar-refractivity contribution in [2.45, 2.75) is 44.6 Å². The van der Waals surface area contributed by atoms with Gasteiger partial charge in [0.15, 0.2) is 0 Å². The lowest BCUT2D eigenvalue weighted by molar-refractivity contribution is 0.0602. The van der Waals surface area contributed by atoms with Crippen LogP contribution in [-0.2, 0) is 23.8 Å². The Bertz CT molecular complexity index is 1090. The fraction of sp³-hybridized carbons (Fsp3) is 0.429. The van der Waals surface area contributed by atoms with Crippen LogP contribution in [-0.4, -0.2) is 46.3 Å². The lowest BCUT2D eigenvalue weighted by Gasteiger charge is -2.20. The van der Waals surface area contributed by atoms with E-state index in [-0.39, 0.29) is 22.9 Å². The molecule has 9 nitrogen and oxygen atoms in total. The van der Waals surface area contributed by atoms with Crippen LogP contribution in [0.2, 0.25) is 0 Å².